The van der Waals surface area contributed by atoms with Crippen molar-refractivity contribution in [2.24, 2.45) is 0 Å². The topological polar surface area (TPSA) is 47.8 Å². The lowest BCUT2D eigenvalue weighted by Crippen LogP contribution is -2.17. The lowest BCUT2D eigenvalue weighted by molar-refractivity contribution is 0.0682. The van der Waals surface area contributed by atoms with E-state index in [-0.39, 0.29) is 6.10 Å². The fourth-order valence-corrected chi connectivity index (χ4v) is 3.35. The summed E-state index contributed by atoms with van der Waals surface area (Å²) in [6.07, 6.45) is 6.09. The highest BCUT2D eigenvalue weighted by Gasteiger charge is 2.17. The van der Waals surface area contributed by atoms with Crippen LogP contribution in [0.4, 0.5) is 5.69 Å². The number of rotatable bonds is 6. The van der Waals surface area contributed by atoms with Crippen molar-refractivity contribution in [1.29, 1.82) is 0 Å². The molecule has 0 amide bonds. The molecule has 7 heteroatoms. The Labute approximate surface area is 161 Å². The highest BCUT2D eigenvalue weighted by Crippen LogP contribution is 2.29. The van der Waals surface area contributed by atoms with Crippen LogP contribution in [0.5, 0.6) is 5.75 Å². The summed E-state index contributed by atoms with van der Waals surface area (Å²) in [5.41, 5.74) is 2.59. The van der Waals surface area contributed by atoms with Crippen LogP contribution < -0.4 is 10.1 Å². The molecule has 0 aliphatic carbocycles. The van der Waals surface area contributed by atoms with Crippen molar-refractivity contribution in [1.82, 2.24) is 9.38 Å². The monoisotopic (exact) mass is 391 g/mol. The Balaban J connectivity index is 1.46. The first-order chi connectivity index (χ1) is 12.7. The minimum absolute atomic E-state index is 0.168. The van der Waals surface area contributed by atoms with E-state index in [1.54, 1.807) is 0 Å². The highest BCUT2D eigenvalue weighted by molar-refractivity contribution is 6.31. The van der Waals surface area contributed by atoms with Crippen molar-refractivity contribution in [3.63, 3.8) is 0 Å². The molecule has 2 aromatic heterocycles. The molecule has 5 nitrogen and oxygen atoms in total. The third-order valence-electron chi connectivity index (χ3n) is 4.32. The Bertz CT molecular complexity index is 907. The van der Waals surface area contributed by atoms with E-state index in [0.29, 0.717) is 23.2 Å². The number of aromatic nitrogens is 2. The second-order valence-corrected chi connectivity index (χ2v) is 7.16. The Morgan fingerprint density at radius 1 is 1.19 bits per heavy atom. The first-order valence-corrected chi connectivity index (χ1v) is 9.34. The van der Waals surface area contributed by atoms with Gasteiger partial charge in [-0.3, -0.25) is 0 Å². The molecule has 26 heavy (non-hydrogen) atoms. The van der Waals surface area contributed by atoms with Crippen molar-refractivity contribution in [2.45, 2.75) is 25.5 Å². The quantitative estimate of drug-likeness (QED) is 0.654. The molecule has 0 saturated carbocycles. The predicted molar refractivity (Wildman–Crippen MR) is 103 cm³/mol. The average molecular weight is 392 g/mol. The van der Waals surface area contributed by atoms with Crippen LogP contribution in [0.15, 0.2) is 42.7 Å². The maximum absolute atomic E-state index is 6.15. The van der Waals surface area contributed by atoms with Gasteiger partial charge in [-0.1, -0.05) is 23.2 Å². The Morgan fingerprint density at radius 2 is 2.08 bits per heavy atom. The summed E-state index contributed by atoms with van der Waals surface area (Å²) in [6, 6.07) is 9.28. The van der Waals surface area contributed by atoms with Crippen molar-refractivity contribution in [3.05, 3.63) is 58.5 Å². The average Bonchev–Trinajstić information content (AvgIpc) is 3.28. The van der Waals surface area contributed by atoms with Crippen LogP contribution in [-0.2, 0) is 11.3 Å². The summed E-state index contributed by atoms with van der Waals surface area (Å²) >= 11 is 12.2. The van der Waals surface area contributed by atoms with E-state index >= 15 is 0 Å². The molecule has 1 fully saturated rings. The zero-order chi connectivity index (χ0) is 17.9. The van der Waals surface area contributed by atoms with Crippen LogP contribution in [0.25, 0.3) is 5.65 Å². The van der Waals surface area contributed by atoms with Gasteiger partial charge in [-0.2, -0.15) is 0 Å². The minimum Gasteiger partial charge on any atom is -0.489 e. The Hall–Kier alpha value is -1.95. The number of benzene rings is 1. The van der Waals surface area contributed by atoms with Crippen LogP contribution in [0.2, 0.25) is 10.0 Å². The molecule has 1 atom stereocenters. The predicted octanol–water partition coefficient (Wildman–Crippen LogP) is 4.81. The number of hydrogen-bond donors (Lipinski definition) is 1. The molecule has 1 aliphatic heterocycles. The fraction of sp³-hybridized carbons (Fsp3) is 0.316. The first-order valence-electron chi connectivity index (χ1n) is 8.58. The normalized spacial score (nSPS) is 16.9. The molecule has 0 spiro atoms. The lowest BCUT2D eigenvalue weighted by Gasteiger charge is -2.15. The summed E-state index contributed by atoms with van der Waals surface area (Å²) in [5.74, 6) is 0.761. The van der Waals surface area contributed by atoms with Crippen LogP contribution in [-0.4, -0.2) is 28.7 Å². The molecular formula is C19H19Cl2N3O2. The SMILES string of the molecule is Clc1ccc(OC[C@@H]2CCCO2)c(NCc2cn3cc(Cl)ccc3n2)c1. The molecule has 0 radical (unpaired) electrons. The number of hydrogen-bond acceptors (Lipinski definition) is 4. The number of nitrogens with zero attached hydrogens (tertiary/aromatic N) is 2. The molecule has 136 valence electrons. The van der Waals surface area contributed by atoms with Crippen LogP contribution in [0, 0.1) is 0 Å². The van der Waals surface area contributed by atoms with Gasteiger partial charge in [-0.25, -0.2) is 4.98 Å². The largest absolute Gasteiger partial charge is 0.489 e. The van der Waals surface area contributed by atoms with Gasteiger partial charge in [0.15, 0.2) is 0 Å². The van der Waals surface area contributed by atoms with Crippen molar-refractivity contribution >= 4 is 34.5 Å². The summed E-state index contributed by atoms with van der Waals surface area (Å²) in [4.78, 5) is 4.58. The summed E-state index contributed by atoms with van der Waals surface area (Å²) in [5, 5.41) is 4.69. The lowest BCUT2D eigenvalue weighted by atomic mass is 10.2. The maximum Gasteiger partial charge on any atom is 0.142 e. The zero-order valence-electron chi connectivity index (χ0n) is 14.1. The second-order valence-electron chi connectivity index (χ2n) is 6.29. The van der Waals surface area contributed by atoms with E-state index in [4.69, 9.17) is 32.7 Å². The zero-order valence-corrected chi connectivity index (χ0v) is 15.6. The number of nitrogens with one attached hydrogen (secondary N) is 1. The summed E-state index contributed by atoms with van der Waals surface area (Å²) in [6.45, 7) is 1.91. The van der Waals surface area contributed by atoms with Crippen LogP contribution >= 0.6 is 23.2 Å². The molecule has 1 aromatic carbocycles. The minimum atomic E-state index is 0.168. The number of halogens is 2. The molecular weight excluding hydrogens is 373 g/mol. The highest BCUT2D eigenvalue weighted by atomic mass is 35.5. The number of ether oxygens (including phenoxy) is 2. The third-order valence-corrected chi connectivity index (χ3v) is 4.77. The number of pyridine rings is 1. The first kappa shape index (κ1) is 17.5. The molecule has 0 bridgehead atoms. The van der Waals surface area contributed by atoms with Crippen molar-refractivity contribution in [3.8, 4) is 5.75 Å². The summed E-state index contributed by atoms with van der Waals surface area (Å²) in [7, 11) is 0. The van der Waals surface area contributed by atoms with E-state index in [2.05, 4.69) is 10.3 Å². The van der Waals surface area contributed by atoms with Gasteiger partial charge in [0.2, 0.25) is 0 Å². The molecule has 3 aromatic rings. The second kappa shape index (κ2) is 7.74. The third kappa shape index (κ3) is 4.06. The van der Waals surface area contributed by atoms with Gasteiger partial charge >= 0.3 is 0 Å². The molecule has 1 saturated heterocycles. The van der Waals surface area contributed by atoms with Gasteiger partial charge in [0.25, 0.3) is 0 Å². The van der Waals surface area contributed by atoms with Crippen LogP contribution in [0.1, 0.15) is 18.5 Å². The van der Waals surface area contributed by atoms with E-state index in [9.17, 15) is 0 Å². The van der Waals surface area contributed by atoms with E-state index < -0.39 is 0 Å². The Kier molecular flexibility index (Phi) is 5.20. The standard InChI is InChI=1S/C19H19Cl2N3O2/c20-13-3-5-18(26-12-16-2-1-7-25-16)17(8-13)22-9-15-11-24-10-14(21)4-6-19(24)23-15/h3-6,8,10-11,16,22H,1-2,7,9,12H2/t16-/m0/s1. The van der Waals surface area contributed by atoms with Gasteiger partial charge < -0.3 is 19.2 Å². The summed E-state index contributed by atoms with van der Waals surface area (Å²) < 4.78 is 13.5. The van der Waals surface area contributed by atoms with Crippen molar-refractivity contribution < 1.29 is 9.47 Å². The number of anilines is 1. The molecule has 3 heterocycles. The van der Waals surface area contributed by atoms with Gasteiger partial charge in [0.05, 0.1) is 29.1 Å². The Morgan fingerprint density at radius 3 is 2.92 bits per heavy atom. The number of fused-ring (bicyclic) bond motifs is 1. The van der Waals surface area contributed by atoms with Gasteiger partial charge in [-0.05, 0) is 43.2 Å². The molecule has 1 aliphatic rings. The number of imidazole rings is 1. The fourth-order valence-electron chi connectivity index (χ4n) is 3.01. The van der Waals surface area contributed by atoms with E-state index in [1.165, 1.54) is 0 Å². The van der Waals surface area contributed by atoms with E-state index in [0.717, 1.165) is 42.2 Å². The maximum atomic E-state index is 6.15. The van der Waals surface area contributed by atoms with Gasteiger partial charge in [0.1, 0.15) is 18.0 Å². The van der Waals surface area contributed by atoms with Crippen LogP contribution in [0.3, 0.4) is 0 Å². The van der Waals surface area contributed by atoms with E-state index in [1.807, 2.05) is 47.1 Å². The smallest absolute Gasteiger partial charge is 0.142 e. The van der Waals surface area contributed by atoms with Gasteiger partial charge in [0, 0.05) is 24.0 Å². The molecule has 4 rings (SSSR count). The molecule has 0 unspecified atom stereocenters. The van der Waals surface area contributed by atoms with Gasteiger partial charge in [-0.15, -0.1) is 0 Å². The van der Waals surface area contributed by atoms with Crippen molar-refractivity contribution in [2.75, 3.05) is 18.5 Å². The molecule has 1 N–H and O–H groups in total.